The molecule has 38 heavy (non-hydrogen) atoms. The van der Waals surface area contributed by atoms with Gasteiger partial charge in [0.15, 0.2) is 0 Å². The Morgan fingerprint density at radius 2 is 1.32 bits per heavy atom. The van der Waals surface area contributed by atoms with Gasteiger partial charge in [-0.2, -0.15) is 0 Å². The first-order valence-electron chi connectivity index (χ1n) is 12.4. The standard InChI is InChI=1S/C24H33N5O9/c30-20-4-5-21(31)29(20)6-1-11-38-19-3-2-17-12-27(15-23(34)35)9-7-26(14-22(32)33)8-10-28(16-24(36)37)13-18(19)25-17/h2-3H,1,4-16H2,(H,32,33)(H,34,35)(H,36,37). The molecule has 14 nitrogen and oxygen atoms in total. The molecule has 2 aliphatic rings. The second-order valence-corrected chi connectivity index (χ2v) is 9.27. The van der Waals surface area contributed by atoms with Crippen LogP contribution in [0.25, 0.3) is 0 Å². The Kier molecular flexibility index (Phi) is 10.5. The van der Waals surface area contributed by atoms with Crippen LogP contribution in [0.3, 0.4) is 0 Å². The number of pyridine rings is 1. The second-order valence-electron chi connectivity index (χ2n) is 9.27. The maximum absolute atomic E-state index is 11.8. The quantitative estimate of drug-likeness (QED) is 0.236. The van der Waals surface area contributed by atoms with Crippen molar-refractivity contribution in [3.05, 3.63) is 23.5 Å². The lowest BCUT2D eigenvalue weighted by molar-refractivity contribution is -0.140. The van der Waals surface area contributed by atoms with E-state index in [9.17, 15) is 39.3 Å². The van der Waals surface area contributed by atoms with E-state index in [0.717, 1.165) is 0 Å². The third kappa shape index (κ3) is 9.04. The number of carbonyl (C=O) groups is 5. The van der Waals surface area contributed by atoms with Crippen molar-refractivity contribution in [3.63, 3.8) is 0 Å². The summed E-state index contributed by atoms with van der Waals surface area (Å²) in [5.74, 6) is -3.10. The number of carbonyl (C=O) groups excluding carboxylic acids is 2. The van der Waals surface area contributed by atoms with E-state index >= 15 is 0 Å². The van der Waals surface area contributed by atoms with Gasteiger partial charge in [-0.25, -0.2) is 0 Å². The van der Waals surface area contributed by atoms with Crippen LogP contribution in [0, 0.1) is 0 Å². The van der Waals surface area contributed by atoms with Crippen LogP contribution in [0.1, 0.15) is 30.7 Å². The first-order chi connectivity index (χ1) is 18.1. The maximum atomic E-state index is 11.8. The number of aromatic nitrogens is 1. The molecule has 1 saturated heterocycles. The molecule has 1 aromatic heterocycles. The number of carboxylic acids is 3. The van der Waals surface area contributed by atoms with Gasteiger partial charge < -0.3 is 20.1 Å². The summed E-state index contributed by atoms with van der Waals surface area (Å²) in [6, 6.07) is 3.40. The van der Waals surface area contributed by atoms with E-state index in [4.69, 9.17) is 4.74 Å². The Morgan fingerprint density at radius 3 is 1.89 bits per heavy atom. The highest BCUT2D eigenvalue weighted by Crippen LogP contribution is 2.21. The number of imide groups is 1. The molecule has 3 heterocycles. The van der Waals surface area contributed by atoms with Gasteiger partial charge in [0, 0.05) is 58.7 Å². The Morgan fingerprint density at radius 1 is 0.789 bits per heavy atom. The van der Waals surface area contributed by atoms with Crippen LogP contribution < -0.4 is 4.74 Å². The third-order valence-electron chi connectivity index (χ3n) is 6.23. The number of amides is 2. The number of hydrogen-bond donors (Lipinski definition) is 3. The van der Waals surface area contributed by atoms with Crippen LogP contribution >= 0.6 is 0 Å². The Hall–Kier alpha value is -3.62. The second kappa shape index (κ2) is 13.8. The van der Waals surface area contributed by atoms with Gasteiger partial charge in [0.1, 0.15) is 5.75 Å². The molecule has 0 aliphatic carbocycles. The van der Waals surface area contributed by atoms with Crippen molar-refractivity contribution in [1.29, 1.82) is 0 Å². The van der Waals surface area contributed by atoms with Crippen LogP contribution in [0.2, 0.25) is 0 Å². The number of rotatable bonds is 11. The molecule has 14 heteroatoms. The van der Waals surface area contributed by atoms with Gasteiger partial charge in [0.25, 0.3) is 0 Å². The molecule has 208 valence electrons. The predicted octanol–water partition coefficient (Wildman–Crippen LogP) is -0.827. The first kappa shape index (κ1) is 28.9. The molecule has 0 saturated carbocycles. The lowest BCUT2D eigenvalue weighted by Gasteiger charge is -2.29. The predicted molar refractivity (Wildman–Crippen MR) is 130 cm³/mol. The molecule has 3 N–H and O–H groups in total. The average Bonchev–Trinajstić information content (AvgIpc) is 3.14. The number of likely N-dealkylation sites (tertiary alicyclic amines) is 1. The molecule has 2 bridgehead atoms. The zero-order valence-electron chi connectivity index (χ0n) is 21.1. The first-order valence-corrected chi connectivity index (χ1v) is 12.4. The molecule has 0 spiro atoms. The highest BCUT2D eigenvalue weighted by atomic mass is 16.5. The molecular weight excluding hydrogens is 502 g/mol. The van der Waals surface area contributed by atoms with E-state index in [1.165, 1.54) is 4.90 Å². The highest BCUT2D eigenvalue weighted by Gasteiger charge is 2.28. The molecule has 1 fully saturated rings. The lowest BCUT2D eigenvalue weighted by atomic mass is 10.2. The van der Waals surface area contributed by atoms with E-state index in [2.05, 4.69) is 4.98 Å². The van der Waals surface area contributed by atoms with Gasteiger partial charge in [-0.3, -0.25) is 48.6 Å². The summed E-state index contributed by atoms with van der Waals surface area (Å²) in [6.07, 6.45) is 0.850. The minimum atomic E-state index is -1.05. The van der Waals surface area contributed by atoms with E-state index < -0.39 is 17.9 Å². The number of ether oxygens (including phenoxy) is 1. The summed E-state index contributed by atoms with van der Waals surface area (Å²) in [5, 5.41) is 28.1. The lowest BCUT2D eigenvalue weighted by Crippen LogP contribution is -2.44. The van der Waals surface area contributed by atoms with Crippen LogP contribution in [0.5, 0.6) is 5.75 Å². The summed E-state index contributed by atoms with van der Waals surface area (Å²) in [4.78, 5) is 68.7. The van der Waals surface area contributed by atoms with E-state index in [-0.39, 0.29) is 96.7 Å². The number of fused-ring (bicyclic) bond motifs is 2. The Labute approximate surface area is 219 Å². The number of carboxylic acid groups (broad SMARTS) is 3. The summed E-state index contributed by atoms with van der Waals surface area (Å²) in [6.45, 7) is 0.995. The smallest absolute Gasteiger partial charge is 0.317 e. The van der Waals surface area contributed by atoms with Gasteiger partial charge >= 0.3 is 17.9 Å². The van der Waals surface area contributed by atoms with Crippen molar-refractivity contribution in [2.24, 2.45) is 0 Å². The van der Waals surface area contributed by atoms with Crippen LogP contribution in [0.15, 0.2) is 12.1 Å². The fraction of sp³-hybridized carbons (Fsp3) is 0.583. The summed E-state index contributed by atoms with van der Waals surface area (Å²) >= 11 is 0. The number of aliphatic carboxylic acids is 3. The molecule has 0 aromatic carbocycles. The zero-order valence-corrected chi connectivity index (χ0v) is 21.1. The molecule has 1 aromatic rings. The summed E-state index contributed by atoms with van der Waals surface area (Å²) in [7, 11) is 0. The Balaban J connectivity index is 1.79. The van der Waals surface area contributed by atoms with Crippen molar-refractivity contribution in [2.45, 2.75) is 32.4 Å². The normalized spacial score (nSPS) is 18.2. The van der Waals surface area contributed by atoms with Crippen LogP contribution in [0.4, 0.5) is 0 Å². The molecular formula is C24H33N5O9. The van der Waals surface area contributed by atoms with E-state index in [0.29, 0.717) is 23.6 Å². The Bertz CT molecular complexity index is 1030. The van der Waals surface area contributed by atoms with Gasteiger partial charge in [-0.1, -0.05) is 0 Å². The maximum Gasteiger partial charge on any atom is 0.317 e. The van der Waals surface area contributed by atoms with Gasteiger partial charge in [-0.15, -0.1) is 0 Å². The molecule has 2 amide bonds. The van der Waals surface area contributed by atoms with Crippen molar-refractivity contribution in [1.82, 2.24) is 24.6 Å². The van der Waals surface area contributed by atoms with Crippen molar-refractivity contribution in [3.8, 4) is 5.75 Å². The topological polar surface area (TPSA) is 181 Å². The minimum absolute atomic E-state index is 0.110. The van der Waals surface area contributed by atoms with E-state index in [1.54, 1.807) is 26.8 Å². The van der Waals surface area contributed by atoms with Crippen LogP contribution in [-0.2, 0) is 37.1 Å². The SMILES string of the molecule is O=C(O)CN1CCN(CC(=O)O)Cc2ccc(OCCCN3C(=O)CCC3=O)c(n2)CN(CC(=O)O)CC1. The fourth-order valence-electron chi connectivity index (χ4n) is 4.42. The summed E-state index contributed by atoms with van der Waals surface area (Å²) < 4.78 is 5.91. The van der Waals surface area contributed by atoms with Crippen molar-refractivity contribution in [2.75, 3.05) is 59.0 Å². The minimum Gasteiger partial charge on any atom is -0.492 e. The van der Waals surface area contributed by atoms with Crippen LogP contribution in [-0.4, -0.2) is 129 Å². The molecule has 2 aliphatic heterocycles. The number of nitrogens with zero attached hydrogens (tertiary/aromatic N) is 5. The van der Waals surface area contributed by atoms with Gasteiger partial charge in [0.05, 0.1) is 37.6 Å². The molecule has 3 rings (SSSR count). The van der Waals surface area contributed by atoms with Crippen molar-refractivity contribution < 1.29 is 44.0 Å². The largest absolute Gasteiger partial charge is 0.492 e. The van der Waals surface area contributed by atoms with E-state index in [1.807, 2.05) is 0 Å². The number of hydrogen-bond acceptors (Lipinski definition) is 10. The highest BCUT2D eigenvalue weighted by molar-refractivity contribution is 6.01. The molecule has 0 radical (unpaired) electrons. The van der Waals surface area contributed by atoms with Crippen molar-refractivity contribution >= 4 is 29.7 Å². The zero-order chi connectivity index (χ0) is 27.7. The summed E-state index contributed by atoms with van der Waals surface area (Å²) in [5.41, 5.74) is 1.01. The monoisotopic (exact) mass is 535 g/mol. The molecule has 0 unspecified atom stereocenters. The average molecular weight is 536 g/mol. The van der Waals surface area contributed by atoms with Gasteiger partial charge in [0.2, 0.25) is 11.8 Å². The fourth-order valence-corrected chi connectivity index (χ4v) is 4.42. The van der Waals surface area contributed by atoms with Gasteiger partial charge in [-0.05, 0) is 18.6 Å². The third-order valence-corrected chi connectivity index (χ3v) is 6.23. The molecule has 0 atom stereocenters.